The number of carbonyl (C=O) groups is 1. The lowest BCUT2D eigenvalue weighted by molar-refractivity contribution is -0.115. The van der Waals surface area contributed by atoms with Gasteiger partial charge in [-0.2, -0.15) is 0 Å². The first-order chi connectivity index (χ1) is 10.6. The van der Waals surface area contributed by atoms with Gasteiger partial charge in [0, 0.05) is 16.0 Å². The summed E-state index contributed by atoms with van der Waals surface area (Å²) in [5.74, 6) is -0.0534. The minimum Gasteiger partial charge on any atom is -0.324 e. The quantitative estimate of drug-likeness (QED) is 0.771. The maximum absolute atomic E-state index is 12.1. The molecule has 0 heterocycles. The van der Waals surface area contributed by atoms with Crippen molar-refractivity contribution >= 4 is 35.0 Å². The summed E-state index contributed by atoms with van der Waals surface area (Å²) in [4.78, 5) is 13.1. The van der Waals surface area contributed by atoms with Crippen LogP contribution in [0.15, 0.2) is 53.4 Å². The summed E-state index contributed by atoms with van der Waals surface area (Å²) in [5.41, 5.74) is 1.95. The second-order valence-corrected chi connectivity index (χ2v) is 6.19. The van der Waals surface area contributed by atoms with E-state index in [2.05, 4.69) is 10.6 Å². The maximum atomic E-state index is 12.1. The largest absolute Gasteiger partial charge is 0.324 e. The van der Waals surface area contributed by atoms with Crippen LogP contribution in [0.1, 0.15) is 18.5 Å². The Morgan fingerprint density at radius 1 is 1.18 bits per heavy atom. The number of hydrogen-bond donors (Lipinski definition) is 2. The Kier molecular flexibility index (Phi) is 6.31. The number of thioether (sulfide) groups is 1. The van der Waals surface area contributed by atoms with E-state index >= 15 is 0 Å². The van der Waals surface area contributed by atoms with Crippen LogP contribution in [-0.4, -0.2) is 18.7 Å². The van der Waals surface area contributed by atoms with Gasteiger partial charge in [0.05, 0.1) is 12.2 Å². The van der Waals surface area contributed by atoms with Gasteiger partial charge in [0.1, 0.15) is 0 Å². The van der Waals surface area contributed by atoms with E-state index in [9.17, 15) is 4.79 Å². The van der Waals surface area contributed by atoms with Crippen molar-refractivity contribution in [1.29, 1.82) is 0 Å². The minimum atomic E-state index is -0.0534. The van der Waals surface area contributed by atoms with Crippen molar-refractivity contribution in [1.82, 2.24) is 5.32 Å². The van der Waals surface area contributed by atoms with Crippen molar-refractivity contribution in [3.8, 4) is 0 Å². The Balaban J connectivity index is 1.88. The fraction of sp³-hybridized carbons (Fsp3) is 0.235. The number of hydrogen-bond acceptors (Lipinski definition) is 3. The van der Waals surface area contributed by atoms with Gasteiger partial charge in [-0.1, -0.05) is 35.9 Å². The summed E-state index contributed by atoms with van der Waals surface area (Å²) in [6.07, 6.45) is 1.99. The van der Waals surface area contributed by atoms with Gasteiger partial charge in [0.15, 0.2) is 0 Å². The molecule has 0 radical (unpaired) electrons. The summed E-state index contributed by atoms with van der Waals surface area (Å²) in [5, 5.41) is 6.86. The number of carbonyl (C=O) groups excluding carboxylic acids is 1. The Bertz CT molecular complexity index is 631. The lowest BCUT2D eigenvalue weighted by atomic mass is 10.1. The molecular formula is C17H19ClN2OS. The second kappa shape index (κ2) is 8.22. The predicted octanol–water partition coefficient (Wildman–Crippen LogP) is 4.35. The molecule has 0 unspecified atom stereocenters. The lowest BCUT2D eigenvalue weighted by Gasteiger charge is -2.15. The molecule has 22 heavy (non-hydrogen) atoms. The van der Waals surface area contributed by atoms with Crippen LogP contribution in [0.5, 0.6) is 0 Å². The molecule has 2 aromatic carbocycles. The van der Waals surface area contributed by atoms with Crippen molar-refractivity contribution < 1.29 is 4.79 Å². The smallest absolute Gasteiger partial charge is 0.238 e. The number of halogens is 1. The summed E-state index contributed by atoms with van der Waals surface area (Å²) in [6, 6.07) is 15.5. The Labute approximate surface area is 140 Å². The van der Waals surface area contributed by atoms with Gasteiger partial charge in [-0.15, -0.1) is 11.8 Å². The van der Waals surface area contributed by atoms with Crippen LogP contribution in [0.2, 0.25) is 5.02 Å². The highest BCUT2D eigenvalue weighted by molar-refractivity contribution is 7.98. The molecule has 2 aromatic rings. The molecule has 0 aliphatic carbocycles. The third-order valence-corrected chi connectivity index (χ3v) is 4.37. The minimum absolute atomic E-state index is 0.0534. The van der Waals surface area contributed by atoms with E-state index in [1.807, 2.05) is 61.7 Å². The summed E-state index contributed by atoms with van der Waals surface area (Å²) in [7, 11) is 0. The standard InChI is InChI=1S/C17H19ClN2OS/c1-12(13-7-9-14(18)10-8-13)19-11-17(21)20-15-5-3-4-6-16(15)22-2/h3-10,12,19H,11H2,1-2H3,(H,20,21)/t12-/m0/s1. The fourth-order valence-electron chi connectivity index (χ4n) is 2.06. The van der Waals surface area contributed by atoms with Crippen molar-refractivity contribution in [2.75, 3.05) is 18.1 Å². The monoisotopic (exact) mass is 334 g/mol. The van der Waals surface area contributed by atoms with Gasteiger partial charge in [0.2, 0.25) is 5.91 Å². The molecular weight excluding hydrogens is 316 g/mol. The van der Waals surface area contributed by atoms with Gasteiger partial charge < -0.3 is 10.6 Å². The van der Waals surface area contributed by atoms with E-state index in [1.54, 1.807) is 11.8 Å². The van der Waals surface area contributed by atoms with E-state index < -0.39 is 0 Å². The summed E-state index contributed by atoms with van der Waals surface area (Å²) in [6.45, 7) is 2.28. The number of benzene rings is 2. The van der Waals surface area contributed by atoms with Crippen molar-refractivity contribution in [3.63, 3.8) is 0 Å². The first-order valence-electron chi connectivity index (χ1n) is 7.02. The molecule has 1 atom stereocenters. The third kappa shape index (κ3) is 4.77. The molecule has 0 fully saturated rings. The highest BCUT2D eigenvalue weighted by atomic mass is 35.5. The first kappa shape index (κ1) is 16.9. The Morgan fingerprint density at radius 2 is 1.86 bits per heavy atom. The topological polar surface area (TPSA) is 41.1 Å². The molecule has 0 saturated heterocycles. The third-order valence-electron chi connectivity index (χ3n) is 3.32. The van der Waals surface area contributed by atoms with E-state index in [-0.39, 0.29) is 18.5 Å². The molecule has 0 aliphatic heterocycles. The zero-order valence-corrected chi connectivity index (χ0v) is 14.2. The zero-order valence-electron chi connectivity index (χ0n) is 12.6. The fourth-order valence-corrected chi connectivity index (χ4v) is 2.74. The molecule has 2 N–H and O–H groups in total. The van der Waals surface area contributed by atoms with Crippen LogP contribution in [0, 0.1) is 0 Å². The molecule has 0 aromatic heterocycles. The first-order valence-corrected chi connectivity index (χ1v) is 8.62. The maximum Gasteiger partial charge on any atom is 0.238 e. The van der Waals surface area contributed by atoms with Gasteiger partial charge >= 0.3 is 0 Å². The second-order valence-electron chi connectivity index (χ2n) is 4.90. The van der Waals surface area contributed by atoms with Crippen LogP contribution in [-0.2, 0) is 4.79 Å². The molecule has 116 valence electrons. The van der Waals surface area contributed by atoms with Crippen molar-refractivity contribution in [2.45, 2.75) is 17.9 Å². The molecule has 0 saturated carbocycles. The Morgan fingerprint density at radius 3 is 2.55 bits per heavy atom. The average molecular weight is 335 g/mol. The lowest BCUT2D eigenvalue weighted by Crippen LogP contribution is -2.30. The van der Waals surface area contributed by atoms with E-state index in [0.29, 0.717) is 5.02 Å². The SMILES string of the molecule is CSc1ccccc1NC(=O)CN[C@@H](C)c1ccc(Cl)cc1. The van der Waals surface area contributed by atoms with E-state index in [1.165, 1.54) is 0 Å². The van der Waals surface area contributed by atoms with Gasteiger partial charge in [0.25, 0.3) is 0 Å². The molecule has 2 rings (SSSR count). The van der Waals surface area contributed by atoms with Gasteiger partial charge in [-0.25, -0.2) is 0 Å². The molecule has 0 aliphatic rings. The van der Waals surface area contributed by atoms with E-state index in [4.69, 9.17) is 11.6 Å². The predicted molar refractivity (Wildman–Crippen MR) is 94.7 cm³/mol. The molecule has 0 spiro atoms. The van der Waals surface area contributed by atoms with Crippen LogP contribution < -0.4 is 10.6 Å². The zero-order chi connectivity index (χ0) is 15.9. The highest BCUT2D eigenvalue weighted by Crippen LogP contribution is 2.24. The van der Waals surface area contributed by atoms with Crippen molar-refractivity contribution in [2.24, 2.45) is 0 Å². The molecule has 0 bridgehead atoms. The highest BCUT2D eigenvalue weighted by Gasteiger charge is 2.09. The number of amides is 1. The van der Waals surface area contributed by atoms with E-state index in [0.717, 1.165) is 16.1 Å². The number of anilines is 1. The normalized spacial score (nSPS) is 12.0. The molecule has 1 amide bonds. The summed E-state index contributed by atoms with van der Waals surface area (Å²) < 4.78 is 0. The van der Waals surface area contributed by atoms with Crippen molar-refractivity contribution in [3.05, 3.63) is 59.1 Å². The van der Waals surface area contributed by atoms with Gasteiger partial charge in [-0.3, -0.25) is 4.79 Å². The molecule has 3 nitrogen and oxygen atoms in total. The molecule has 5 heteroatoms. The van der Waals surface area contributed by atoms with Crippen LogP contribution in [0.25, 0.3) is 0 Å². The van der Waals surface area contributed by atoms with Crippen LogP contribution in [0.4, 0.5) is 5.69 Å². The number of para-hydroxylation sites is 1. The summed E-state index contributed by atoms with van der Waals surface area (Å²) >= 11 is 7.49. The number of rotatable bonds is 6. The van der Waals surface area contributed by atoms with Crippen LogP contribution >= 0.6 is 23.4 Å². The Hall–Kier alpha value is -1.49. The van der Waals surface area contributed by atoms with Gasteiger partial charge in [-0.05, 0) is 43.0 Å². The average Bonchev–Trinajstić information content (AvgIpc) is 2.54. The number of nitrogens with one attached hydrogen (secondary N) is 2. The van der Waals surface area contributed by atoms with Crippen LogP contribution in [0.3, 0.4) is 0 Å².